The fourth-order valence-corrected chi connectivity index (χ4v) is 10.8. The number of benzene rings is 2. The van der Waals surface area contributed by atoms with Crippen molar-refractivity contribution in [3.05, 3.63) is 78.1 Å². The van der Waals surface area contributed by atoms with Crippen molar-refractivity contribution < 1.29 is 23.1 Å². The Balaban J connectivity index is 0.900. The Morgan fingerprint density at radius 3 is 2.20 bits per heavy atom. The Bertz CT molecular complexity index is 1680. The molecule has 2 aromatic carbocycles. The molecule has 242 valence electrons. The summed E-state index contributed by atoms with van der Waals surface area (Å²) in [6, 6.07) is 16.6. The van der Waals surface area contributed by atoms with Gasteiger partial charge in [-0.1, -0.05) is 24.3 Å². The van der Waals surface area contributed by atoms with E-state index in [-0.39, 0.29) is 22.8 Å². The van der Waals surface area contributed by atoms with Crippen LogP contribution in [0.4, 0.5) is 5.69 Å². The summed E-state index contributed by atoms with van der Waals surface area (Å²) in [7, 11) is -3.74. The van der Waals surface area contributed by atoms with Gasteiger partial charge < -0.3 is 14.9 Å². The van der Waals surface area contributed by atoms with E-state index >= 15 is 0 Å². The van der Waals surface area contributed by atoms with Crippen molar-refractivity contribution in [1.82, 2.24) is 14.6 Å². The lowest BCUT2D eigenvalue weighted by atomic mass is 9.50. The van der Waals surface area contributed by atoms with Crippen LogP contribution in [0.5, 0.6) is 5.75 Å². The number of carbonyl (C=O) groups is 2. The second-order valence-electron chi connectivity index (χ2n) is 14.1. The number of nitrogens with zero attached hydrogens (tertiary/aromatic N) is 3. The first kappa shape index (κ1) is 30.7. The van der Waals surface area contributed by atoms with Gasteiger partial charge in [0, 0.05) is 55.6 Å². The molecule has 0 radical (unpaired) electrons. The summed E-state index contributed by atoms with van der Waals surface area (Å²) in [6.07, 6.45) is 10.8. The van der Waals surface area contributed by atoms with E-state index in [0.29, 0.717) is 62.3 Å². The van der Waals surface area contributed by atoms with E-state index in [1.54, 1.807) is 24.4 Å². The molecular formula is C36H42N4O5S. The van der Waals surface area contributed by atoms with Crippen LogP contribution in [0.25, 0.3) is 11.1 Å². The minimum absolute atomic E-state index is 0.0535. The molecule has 5 aliphatic rings. The first-order valence-electron chi connectivity index (χ1n) is 16.5. The van der Waals surface area contributed by atoms with E-state index in [0.717, 1.165) is 41.6 Å². The summed E-state index contributed by atoms with van der Waals surface area (Å²) in [5.41, 5.74) is 3.91. The molecule has 5 fully saturated rings. The van der Waals surface area contributed by atoms with Gasteiger partial charge in [-0.05, 0) is 110 Å². The number of aromatic nitrogens is 1. The highest BCUT2D eigenvalue weighted by Crippen LogP contribution is 2.60. The summed E-state index contributed by atoms with van der Waals surface area (Å²) >= 11 is 0. The van der Waals surface area contributed by atoms with E-state index in [1.807, 2.05) is 41.3 Å². The van der Waals surface area contributed by atoms with Gasteiger partial charge in [0.15, 0.2) is 0 Å². The first-order valence-corrected chi connectivity index (χ1v) is 18.2. The number of hydrogen-bond acceptors (Lipinski definition) is 7. The number of amides is 2. The molecule has 4 bridgehead atoms. The molecule has 0 atom stereocenters. The number of aromatic hydroxyl groups is 1. The standard InChI is InChI=1S/C36H42N4O5S/c41-32-18-30(22-37-23-32)33-4-2-1-3-28(33)7-10-34(42)40-13-11-39(12-14-40)31-8-5-29(6-9-31)35(43)38-46(44,45)24-36-19-25-15-26(20-36)17-27(16-25)21-36/h1-6,8-9,18,22-23,25-27,41H,7,10-17,19-21,24H2,(H,38,43). The smallest absolute Gasteiger partial charge is 0.264 e. The fourth-order valence-electron chi connectivity index (χ4n) is 9.14. The van der Waals surface area contributed by atoms with Gasteiger partial charge in [0.2, 0.25) is 15.9 Å². The number of nitrogens with one attached hydrogen (secondary N) is 1. The highest BCUT2D eigenvalue weighted by molar-refractivity contribution is 7.90. The second-order valence-corrected chi connectivity index (χ2v) is 15.8. The molecule has 2 N–H and O–H groups in total. The Morgan fingerprint density at radius 1 is 0.891 bits per heavy atom. The monoisotopic (exact) mass is 642 g/mol. The highest BCUT2D eigenvalue weighted by Gasteiger charge is 2.52. The predicted molar refractivity (Wildman–Crippen MR) is 177 cm³/mol. The van der Waals surface area contributed by atoms with Gasteiger partial charge in [-0.3, -0.25) is 14.6 Å². The third kappa shape index (κ3) is 6.63. The third-order valence-electron chi connectivity index (χ3n) is 10.7. The minimum atomic E-state index is -3.74. The van der Waals surface area contributed by atoms with Crippen molar-refractivity contribution in [2.75, 3.05) is 36.8 Å². The average molecular weight is 643 g/mol. The SMILES string of the molecule is O=C(NS(=O)(=O)CC12CC3CC(CC(C3)C1)C2)c1ccc(N2CCN(C(=O)CCc3ccccc3-c3cncc(O)c3)CC2)cc1. The number of sulfonamides is 1. The molecule has 10 heteroatoms. The molecule has 0 spiro atoms. The van der Waals surface area contributed by atoms with Gasteiger partial charge in [-0.15, -0.1) is 0 Å². The largest absolute Gasteiger partial charge is 0.506 e. The van der Waals surface area contributed by atoms with Crippen LogP contribution >= 0.6 is 0 Å². The topological polar surface area (TPSA) is 120 Å². The minimum Gasteiger partial charge on any atom is -0.506 e. The molecule has 4 aliphatic carbocycles. The molecule has 9 nitrogen and oxygen atoms in total. The van der Waals surface area contributed by atoms with E-state index < -0.39 is 15.9 Å². The highest BCUT2D eigenvalue weighted by atomic mass is 32.2. The van der Waals surface area contributed by atoms with Crippen molar-refractivity contribution in [3.63, 3.8) is 0 Å². The van der Waals surface area contributed by atoms with Crippen LogP contribution in [-0.4, -0.2) is 67.2 Å². The maximum absolute atomic E-state index is 13.1. The number of hydrogen-bond donors (Lipinski definition) is 2. The molecule has 2 amide bonds. The van der Waals surface area contributed by atoms with E-state index in [9.17, 15) is 23.1 Å². The molecule has 46 heavy (non-hydrogen) atoms. The summed E-state index contributed by atoms with van der Waals surface area (Å²) < 4.78 is 28.6. The Labute approximate surface area is 271 Å². The van der Waals surface area contributed by atoms with Gasteiger partial charge >= 0.3 is 0 Å². The second kappa shape index (κ2) is 12.4. The normalized spacial score (nSPS) is 25.4. The number of rotatable bonds is 9. The zero-order valence-electron chi connectivity index (χ0n) is 26.1. The Hall–Kier alpha value is -3.92. The van der Waals surface area contributed by atoms with E-state index in [2.05, 4.69) is 14.6 Å². The van der Waals surface area contributed by atoms with Crippen molar-refractivity contribution >= 4 is 27.5 Å². The van der Waals surface area contributed by atoms with Crippen molar-refractivity contribution in [3.8, 4) is 16.9 Å². The summed E-state index contributed by atoms with van der Waals surface area (Å²) in [5.74, 6) is 1.65. The van der Waals surface area contributed by atoms with Gasteiger partial charge in [-0.2, -0.15) is 0 Å². The van der Waals surface area contributed by atoms with Crippen molar-refractivity contribution in [1.29, 1.82) is 0 Å². The number of aryl methyl sites for hydroxylation is 1. The van der Waals surface area contributed by atoms with Gasteiger partial charge in [0.25, 0.3) is 5.91 Å². The summed E-state index contributed by atoms with van der Waals surface area (Å²) in [6.45, 7) is 2.54. The lowest BCUT2D eigenvalue weighted by molar-refractivity contribution is -0.131. The first-order chi connectivity index (χ1) is 22.1. The lowest BCUT2D eigenvalue weighted by Gasteiger charge is -2.56. The molecule has 8 rings (SSSR count). The number of piperazine rings is 1. The predicted octanol–water partition coefficient (Wildman–Crippen LogP) is 5.01. The van der Waals surface area contributed by atoms with Crippen molar-refractivity contribution in [2.24, 2.45) is 23.2 Å². The number of carbonyl (C=O) groups excluding carboxylic acids is 2. The van der Waals surface area contributed by atoms with Crippen LogP contribution < -0.4 is 9.62 Å². The van der Waals surface area contributed by atoms with Crippen LogP contribution in [0.15, 0.2) is 67.0 Å². The maximum atomic E-state index is 13.1. The fraction of sp³-hybridized carbons (Fsp3) is 0.472. The van der Waals surface area contributed by atoms with Crippen LogP contribution in [0, 0.1) is 23.2 Å². The molecular weight excluding hydrogens is 600 g/mol. The van der Waals surface area contributed by atoms with Crippen molar-refractivity contribution in [2.45, 2.75) is 51.4 Å². The Morgan fingerprint density at radius 2 is 1.54 bits per heavy atom. The van der Waals surface area contributed by atoms with Crippen LogP contribution in [0.3, 0.4) is 0 Å². The zero-order valence-corrected chi connectivity index (χ0v) is 26.9. The molecule has 0 unspecified atom stereocenters. The molecule has 3 aromatic rings. The van der Waals surface area contributed by atoms with Gasteiger partial charge in [0.1, 0.15) is 5.75 Å². The number of pyridine rings is 1. The third-order valence-corrected chi connectivity index (χ3v) is 12.2. The number of anilines is 1. The molecule has 4 saturated carbocycles. The van der Waals surface area contributed by atoms with Crippen LogP contribution in [0.1, 0.15) is 60.9 Å². The molecule has 1 aliphatic heterocycles. The van der Waals surface area contributed by atoms with Crippen LogP contribution in [-0.2, 0) is 21.2 Å². The van der Waals surface area contributed by atoms with E-state index in [4.69, 9.17) is 0 Å². The summed E-state index contributed by atoms with van der Waals surface area (Å²) in [5, 5.41) is 9.85. The van der Waals surface area contributed by atoms with Crippen LogP contribution in [0.2, 0.25) is 0 Å². The molecule has 1 aromatic heterocycles. The lowest BCUT2D eigenvalue weighted by Crippen LogP contribution is -2.51. The quantitative estimate of drug-likeness (QED) is 0.337. The zero-order chi connectivity index (χ0) is 31.9. The average Bonchev–Trinajstić information content (AvgIpc) is 3.02. The summed E-state index contributed by atoms with van der Waals surface area (Å²) in [4.78, 5) is 34.2. The molecule has 2 heterocycles. The maximum Gasteiger partial charge on any atom is 0.264 e. The molecule has 1 saturated heterocycles. The van der Waals surface area contributed by atoms with Gasteiger partial charge in [0.05, 0.1) is 11.9 Å². The Kier molecular flexibility index (Phi) is 8.25. The van der Waals surface area contributed by atoms with Gasteiger partial charge in [-0.25, -0.2) is 13.1 Å². The van der Waals surface area contributed by atoms with E-state index in [1.165, 1.54) is 25.5 Å².